The zero-order valence-corrected chi connectivity index (χ0v) is 16.3. The van der Waals surface area contributed by atoms with Gasteiger partial charge in [0.15, 0.2) is 11.2 Å². The van der Waals surface area contributed by atoms with Gasteiger partial charge >= 0.3 is 5.69 Å². The van der Waals surface area contributed by atoms with Crippen LogP contribution in [-0.2, 0) is 13.6 Å². The number of aromatic amines is 1. The maximum atomic E-state index is 12.3. The average molecular weight is 403 g/mol. The van der Waals surface area contributed by atoms with Gasteiger partial charge in [-0.2, -0.15) is 10.1 Å². The van der Waals surface area contributed by atoms with Crippen molar-refractivity contribution in [3.63, 3.8) is 0 Å². The van der Waals surface area contributed by atoms with Crippen molar-refractivity contribution in [2.24, 2.45) is 12.1 Å². The van der Waals surface area contributed by atoms with Gasteiger partial charge in [-0.1, -0.05) is 17.7 Å². The number of nitrogens with one attached hydrogen (secondary N) is 2. The molecule has 0 spiro atoms. The molecule has 2 N–H and O–H groups in total. The molecule has 0 aliphatic carbocycles. The largest absolute Gasteiger partial charge is 0.497 e. The fourth-order valence-corrected chi connectivity index (χ4v) is 2.64. The molecule has 0 saturated heterocycles. The van der Waals surface area contributed by atoms with Crippen molar-refractivity contribution in [3.05, 3.63) is 61.8 Å². The van der Waals surface area contributed by atoms with E-state index in [1.54, 1.807) is 30.9 Å². The number of nitrogens with zero attached hydrogens (tertiary/aromatic N) is 4. The SMILES string of the molecule is COc1ccc(C=NNc2nc3c(c(=O)[nH]c(=O)n3C)n2C/C=C(\C)Cl)cc1. The van der Waals surface area contributed by atoms with E-state index in [-0.39, 0.29) is 17.7 Å². The van der Waals surface area contributed by atoms with Crippen molar-refractivity contribution in [1.29, 1.82) is 0 Å². The monoisotopic (exact) mass is 402 g/mol. The van der Waals surface area contributed by atoms with E-state index in [0.717, 1.165) is 11.3 Å². The molecule has 2 aromatic heterocycles. The molecule has 28 heavy (non-hydrogen) atoms. The minimum Gasteiger partial charge on any atom is -0.497 e. The molecule has 0 amide bonds. The Morgan fingerprint density at radius 2 is 2.07 bits per heavy atom. The lowest BCUT2D eigenvalue weighted by Crippen LogP contribution is -2.29. The number of fused-ring (bicyclic) bond motifs is 1. The molecule has 146 valence electrons. The van der Waals surface area contributed by atoms with Gasteiger partial charge in [0.2, 0.25) is 5.95 Å². The maximum Gasteiger partial charge on any atom is 0.329 e. The number of anilines is 1. The van der Waals surface area contributed by atoms with Crippen LogP contribution in [0.15, 0.2) is 50.1 Å². The van der Waals surface area contributed by atoms with Gasteiger partial charge in [0.1, 0.15) is 5.75 Å². The molecule has 1 aromatic carbocycles. The Kier molecular flexibility index (Phi) is 5.65. The Labute approximate surface area is 164 Å². The number of H-pyrrole nitrogens is 1. The summed E-state index contributed by atoms with van der Waals surface area (Å²) in [6.45, 7) is 2.02. The Morgan fingerprint density at radius 3 is 2.71 bits per heavy atom. The molecule has 0 radical (unpaired) electrons. The predicted octanol–water partition coefficient (Wildman–Crippen LogP) is 2.02. The van der Waals surface area contributed by atoms with Crippen LogP contribution in [0, 0.1) is 0 Å². The number of hydrazone groups is 1. The van der Waals surface area contributed by atoms with Gasteiger partial charge in [0.05, 0.1) is 13.3 Å². The highest BCUT2D eigenvalue weighted by molar-refractivity contribution is 6.29. The summed E-state index contributed by atoms with van der Waals surface area (Å²) >= 11 is 5.93. The third-order valence-electron chi connectivity index (χ3n) is 4.06. The molecule has 0 saturated carbocycles. The molecule has 0 aliphatic heterocycles. The van der Waals surface area contributed by atoms with Crippen molar-refractivity contribution >= 4 is 34.9 Å². The van der Waals surface area contributed by atoms with Crippen LogP contribution >= 0.6 is 11.6 Å². The molecule has 0 atom stereocenters. The lowest BCUT2D eigenvalue weighted by molar-refractivity contribution is 0.415. The molecule has 9 nitrogen and oxygen atoms in total. The van der Waals surface area contributed by atoms with E-state index >= 15 is 0 Å². The van der Waals surface area contributed by atoms with Crippen LogP contribution in [0.25, 0.3) is 11.2 Å². The van der Waals surface area contributed by atoms with Crippen LogP contribution in [0.5, 0.6) is 5.75 Å². The highest BCUT2D eigenvalue weighted by atomic mass is 35.5. The molecule has 10 heteroatoms. The summed E-state index contributed by atoms with van der Waals surface area (Å²) in [5.74, 6) is 1.05. The third kappa shape index (κ3) is 3.99. The van der Waals surface area contributed by atoms with Crippen molar-refractivity contribution in [2.75, 3.05) is 12.5 Å². The van der Waals surface area contributed by atoms with E-state index in [1.165, 1.54) is 11.6 Å². The van der Waals surface area contributed by atoms with E-state index in [2.05, 4.69) is 20.5 Å². The number of hydrogen-bond donors (Lipinski definition) is 2. The number of allylic oxidation sites excluding steroid dienone is 2. The number of imidazole rings is 1. The summed E-state index contributed by atoms with van der Waals surface area (Å²) in [7, 11) is 3.13. The van der Waals surface area contributed by atoms with E-state index < -0.39 is 11.2 Å². The standard InChI is InChI=1S/C18H19ClN6O3/c1-11(19)8-9-25-14-15(24(2)18(27)22-16(14)26)21-17(25)23-20-10-12-4-6-13(28-3)7-5-12/h4-8,10H,9H2,1-3H3,(H,21,23)(H,22,26,27)/b11-8+,20-10?. The minimum atomic E-state index is -0.542. The van der Waals surface area contributed by atoms with Gasteiger partial charge < -0.3 is 4.74 Å². The number of aromatic nitrogens is 4. The molecule has 0 fully saturated rings. The predicted molar refractivity (Wildman–Crippen MR) is 109 cm³/mol. The number of methoxy groups -OCH3 is 1. The first-order valence-corrected chi connectivity index (χ1v) is 8.73. The summed E-state index contributed by atoms with van der Waals surface area (Å²) < 4.78 is 7.99. The van der Waals surface area contributed by atoms with Gasteiger partial charge in [-0.3, -0.25) is 18.9 Å². The van der Waals surface area contributed by atoms with Gasteiger partial charge in [-0.25, -0.2) is 10.2 Å². The Morgan fingerprint density at radius 1 is 1.36 bits per heavy atom. The number of rotatable bonds is 6. The molecule has 0 bridgehead atoms. The fraction of sp³-hybridized carbons (Fsp3) is 0.222. The zero-order chi connectivity index (χ0) is 20.3. The summed E-state index contributed by atoms with van der Waals surface area (Å²) in [6.07, 6.45) is 3.33. The van der Waals surface area contributed by atoms with Crippen molar-refractivity contribution in [1.82, 2.24) is 19.1 Å². The van der Waals surface area contributed by atoms with E-state index in [0.29, 0.717) is 11.0 Å². The normalized spacial score (nSPS) is 12.1. The summed E-state index contributed by atoms with van der Waals surface area (Å²) in [5, 5.41) is 4.75. The van der Waals surface area contributed by atoms with Crippen LogP contribution in [0.1, 0.15) is 12.5 Å². The molecule has 2 heterocycles. The first-order valence-electron chi connectivity index (χ1n) is 8.35. The smallest absolute Gasteiger partial charge is 0.329 e. The fourth-order valence-electron chi connectivity index (χ4n) is 2.57. The van der Waals surface area contributed by atoms with Crippen LogP contribution in [0.3, 0.4) is 0 Å². The number of benzene rings is 1. The molecule has 3 rings (SSSR count). The minimum absolute atomic E-state index is 0.247. The van der Waals surface area contributed by atoms with Gasteiger partial charge in [-0.05, 0) is 36.8 Å². The summed E-state index contributed by atoms with van der Waals surface area (Å²) in [6, 6.07) is 7.34. The maximum absolute atomic E-state index is 12.3. The average Bonchev–Trinajstić information content (AvgIpc) is 3.04. The Hall–Kier alpha value is -3.33. The molecular weight excluding hydrogens is 384 g/mol. The van der Waals surface area contributed by atoms with Crippen LogP contribution in [0.2, 0.25) is 0 Å². The number of aryl methyl sites for hydroxylation is 1. The van der Waals surface area contributed by atoms with Gasteiger partial charge in [0.25, 0.3) is 5.56 Å². The summed E-state index contributed by atoms with van der Waals surface area (Å²) in [4.78, 5) is 30.8. The molecule has 0 unspecified atom stereocenters. The van der Waals surface area contributed by atoms with E-state index in [1.807, 2.05) is 24.3 Å². The van der Waals surface area contributed by atoms with Crippen molar-refractivity contribution in [3.8, 4) is 5.75 Å². The second kappa shape index (κ2) is 8.13. The highest BCUT2D eigenvalue weighted by Gasteiger charge is 2.16. The second-order valence-corrected chi connectivity index (χ2v) is 6.57. The lowest BCUT2D eigenvalue weighted by atomic mass is 10.2. The van der Waals surface area contributed by atoms with Crippen LogP contribution in [-0.4, -0.2) is 32.4 Å². The first-order chi connectivity index (χ1) is 13.4. The molecular formula is C18H19ClN6O3. The van der Waals surface area contributed by atoms with Crippen molar-refractivity contribution < 1.29 is 4.74 Å². The van der Waals surface area contributed by atoms with Crippen molar-refractivity contribution in [2.45, 2.75) is 13.5 Å². The Balaban J connectivity index is 2.00. The quantitative estimate of drug-likeness (QED) is 0.484. The number of halogens is 1. The lowest BCUT2D eigenvalue weighted by Gasteiger charge is -2.05. The topological polar surface area (TPSA) is 106 Å². The van der Waals surface area contributed by atoms with E-state index in [9.17, 15) is 9.59 Å². The van der Waals surface area contributed by atoms with Crippen LogP contribution in [0.4, 0.5) is 5.95 Å². The van der Waals surface area contributed by atoms with E-state index in [4.69, 9.17) is 16.3 Å². The Bertz CT molecular complexity index is 1170. The highest BCUT2D eigenvalue weighted by Crippen LogP contribution is 2.16. The van der Waals surface area contributed by atoms with Crippen LogP contribution < -0.4 is 21.4 Å². The molecule has 3 aromatic rings. The van der Waals surface area contributed by atoms with Gasteiger partial charge in [0, 0.05) is 18.6 Å². The number of hydrogen-bond acceptors (Lipinski definition) is 6. The molecule has 0 aliphatic rings. The second-order valence-electron chi connectivity index (χ2n) is 5.97. The first kappa shape index (κ1) is 19.4. The third-order valence-corrected chi connectivity index (χ3v) is 4.21. The zero-order valence-electron chi connectivity index (χ0n) is 15.6. The summed E-state index contributed by atoms with van der Waals surface area (Å²) in [5.41, 5.74) is 3.10. The number of ether oxygens (including phenoxy) is 1. The van der Waals surface area contributed by atoms with Gasteiger partial charge in [-0.15, -0.1) is 0 Å².